The maximum atomic E-state index is 12.4. The number of aryl methyl sites for hydroxylation is 1. The molecule has 0 aromatic heterocycles. The molecule has 0 saturated heterocycles. The molecule has 0 aliphatic heterocycles. The highest BCUT2D eigenvalue weighted by atomic mass is 35.5. The largest absolute Gasteiger partial charge is 0.326 e. The minimum Gasteiger partial charge on any atom is -0.326 e. The molecular weight excluding hydrogens is 471 g/mol. The average molecular weight is 490 g/mol. The summed E-state index contributed by atoms with van der Waals surface area (Å²) in [5.74, 6) is 0.0256. The Morgan fingerprint density at radius 3 is 2.26 bits per heavy atom. The summed E-state index contributed by atoms with van der Waals surface area (Å²) in [7, 11) is 0. The van der Waals surface area contributed by atoms with Gasteiger partial charge in [0.25, 0.3) is 0 Å². The number of hydrogen-bond donors (Lipinski definition) is 1. The molecule has 0 aliphatic carbocycles. The highest BCUT2D eigenvalue weighted by molar-refractivity contribution is 7.99. The Labute approximate surface area is 201 Å². The number of anilines is 1. The quantitative estimate of drug-likeness (QED) is 0.345. The number of benzene rings is 3. The van der Waals surface area contributed by atoms with Crippen LogP contribution in [-0.2, 0) is 4.79 Å². The Hall–Kier alpha value is -2.16. The Balaban J connectivity index is 1.66. The lowest BCUT2D eigenvalue weighted by Gasteiger charge is -2.16. The van der Waals surface area contributed by atoms with Crippen molar-refractivity contribution in [2.24, 2.45) is 0 Å². The molecule has 3 aromatic carbocycles. The summed E-state index contributed by atoms with van der Waals surface area (Å²) in [5.41, 5.74) is 2.99. The van der Waals surface area contributed by atoms with Crippen molar-refractivity contribution in [2.75, 3.05) is 11.1 Å². The van der Waals surface area contributed by atoms with Crippen molar-refractivity contribution in [2.45, 2.75) is 24.2 Å². The van der Waals surface area contributed by atoms with Crippen LogP contribution in [0.2, 0.25) is 15.1 Å². The number of nitrogens with one attached hydrogen (secondary N) is 1. The first-order chi connectivity index (χ1) is 14.9. The van der Waals surface area contributed by atoms with Crippen LogP contribution in [0.3, 0.4) is 0 Å². The zero-order valence-electron chi connectivity index (χ0n) is 16.7. The zero-order valence-corrected chi connectivity index (χ0v) is 19.7. The van der Waals surface area contributed by atoms with E-state index in [1.807, 2.05) is 49.4 Å². The lowest BCUT2D eigenvalue weighted by Crippen LogP contribution is -2.13. The molecular formula is C24H19Cl3N2OS. The van der Waals surface area contributed by atoms with Gasteiger partial charge in [0, 0.05) is 37.8 Å². The predicted molar refractivity (Wildman–Crippen MR) is 131 cm³/mol. The molecule has 7 heteroatoms. The molecule has 3 aromatic rings. The molecule has 0 radical (unpaired) electrons. The van der Waals surface area contributed by atoms with Crippen LogP contribution >= 0.6 is 46.6 Å². The number of carbonyl (C=O) groups is 1. The van der Waals surface area contributed by atoms with Crippen LogP contribution < -0.4 is 5.32 Å². The molecule has 1 amide bonds. The van der Waals surface area contributed by atoms with E-state index in [-0.39, 0.29) is 5.91 Å². The number of rotatable bonds is 7. The van der Waals surface area contributed by atoms with Gasteiger partial charge in [0.1, 0.15) is 0 Å². The van der Waals surface area contributed by atoms with E-state index < -0.39 is 5.92 Å². The summed E-state index contributed by atoms with van der Waals surface area (Å²) < 4.78 is 0. The SMILES string of the molecule is Cc1cc(C(C#N)c2ccc(Cl)cc2)c(Cl)cc1NC(=O)CCSc1ccc(Cl)cc1. The normalized spacial score (nSPS) is 11.6. The number of amides is 1. The molecule has 0 saturated carbocycles. The Morgan fingerprint density at radius 2 is 1.65 bits per heavy atom. The fourth-order valence-electron chi connectivity index (χ4n) is 3.04. The minimum absolute atomic E-state index is 0.0945. The summed E-state index contributed by atoms with van der Waals surface area (Å²) in [6, 6.07) is 20.5. The Bertz CT molecular complexity index is 1110. The fraction of sp³-hybridized carbons (Fsp3) is 0.167. The smallest absolute Gasteiger partial charge is 0.225 e. The van der Waals surface area contributed by atoms with Crippen molar-refractivity contribution in [1.82, 2.24) is 0 Å². The first-order valence-electron chi connectivity index (χ1n) is 9.50. The van der Waals surface area contributed by atoms with E-state index in [1.54, 1.807) is 30.0 Å². The van der Waals surface area contributed by atoms with Gasteiger partial charge in [0.15, 0.2) is 0 Å². The van der Waals surface area contributed by atoms with E-state index in [2.05, 4.69) is 11.4 Å². The molecule has 158 valence electrons. The molecule has 0 aliphatic rings. The van der Waals surface area contributed by atoms with Gasteiger partial charge in [0.2, 0.25) is 5.91 Å². The summed E-state index contributed by atoms with van der Waals surface area (Å²) in [4.78, 5) is 13.5. The summed E-state index contributed by atoms with van der Waals surface area (Å²) in [6.45, 7) is 1.88. The molecule has 0 spiro atoms. The summed E-state index contributed by atoms with van der Waals surface area (Å²) >= 11 is 19.9. The highest BCUT2D eigenvalue weighted by Gasteiger charge is 2.19. The first-order valence-corrected chi connectivity index (χ1v) is 11.6. The molecule has 0 heterocycles. The van der Waals surface area contributed by atoms with Crippen LogP contribution in [0.25, 0.3) is 0 Å². The highest BCUT2D eigenvalue weighted by Crippen LogP contribution is 2.34. The van der Waals surface area contributed by atoms with Crippen molar-refractivity contribution < 1.29 is 4.79 Å². The second-order valence-electron chi connectivity index (χ2n) is 6.90. The molecule has 3 nitrogen and oxygen atoms in total. The second kappa shape index (κ2) is 10.9. The molecule has 0 fully saturated rings. The number of halogens is 3. The van der Waals surface area contributed by atoms with Crippen molar-refractivity contribution >= 4 is 58.2 Å². The van der Waals surface area contributed by atoms with Crippen LogP contribution in [0.5, 0.6) is 0 Å². The van der Waals surface area contributed by atoms with E-state index in [4.69, 9.17) is 34.8 Å². The van der Waals surface area contributed by atoms with Crippen LogP contribution in [-0.4, -0.2) is 11.7 Å². The summed E-state index contributed by atoms with van der Waals surface area (Å²) in [6.07, 6.45) is 0.359. The molecule has 1 atom stereocenters. The third-order valence-corrected chi connectivity index (χ3v) is 6.52. The summed E-state index contributed by atoms with van der Waals surface area (Å²) in [5, 5.41) is 14.4. The van der Waals surface area contributed by atoms with Crippen LogP contribution in [0.15, 0.2) is 65.6 Å². The van der Waals surface area contributed by atoms with Gasteiger partial charge in [-0.1, -0.05) is 53.0 Å². The monoisotopic (exact) mass is 488 g/mol. The van der Waals surface area contributed by atoms with Crippen LogP contribution in [0, 0.1) is 18.3 Å². The van der Waals surface area contributed by atoms with E-state index in [9.17, 15) is 10.1 Å². The van der Waals surface area contributed by atoms with Gasteiger partial charge in [-0.2, -0.15) is 5.26 Å². The van der Waals surface area contributed by atoms with Gasteiger partial charge in [0.05, 0.1) is 12.0 Å². The number of thioether (sulfide) groups is 1. The zero-order chi connectivity index (χ0) is 22.4. The van der Waals surface area contributed by atoms with Crippen LogP contribution in [0.4, 0.5) is 5.69 Å². The molecule has 1 N–H and O–H groups in total. The molecule has 1 unspecified atom stereocenters. The van der Waals surface area contributed by atoms with E-state index >= 15 is 0 Å². The van der Waals surface area contributed by atoms with Crippen LogP contribution in [0.1, 0.15) is 29.0 Å². The number of nitriles is 1. The number of hydrogen-bond acceptors (Lipinski definition) is 3. The second-order valence-corrected chi connectivity index (χ2v) is 9.35. The van der Waals surface area contributed by atoms with Gasteiger partial charge in [-0.15, -0.1) is 11.8 Å². The third-order valence-electron chi connectivity index (χ3n) is 4.67. The molecule has 31 heavy (non-hydrogen) atoms. The van der Waals surface area contributed by atoms with E-state index in [0.717, 1.165) is 16.0 Å². The van der Waals surface area contributed by atoms with Crippen molar-refractivity contribution in [3.63, 3.8) is 0 Å². The standard InChI is InChI=1S/C24H19Cl3N2OS/c1-15-12-20(21(14-28)16-2-4-17(25)5-3-16)22(27)13-23(15)29-24(30)10-11-31-19-8-6-18(26)7-9-19/h2-9,12-13,21H,10-11H2,1H3,(H,29,30). The lowest BCUT2D eigenvalue weighted by atomic mass is 9.91. The van der Waals surface area contributed by atoms with E-state index in [1.165, 1.54) is 0 Å². The van der Waals surface area contributed by atoms with Gasteiger partial charge >= 0.3 is 0 Å². The van der Waals surface area contributed by atoms with Gasteiger partial charge in [-0.25, -0.2) is 0 Å². The Morgan fingerprint density at radius 1 is 1.03 bits per heavy atom. The third kappa shape index (κ3) is 6.41. The van der Waals surface area contributed by atoms with E-state index in [0.29, 0.717) is 38.5 Å². The number of carbonyl (C=O) groups excluding carboxylic acids is 1. The average Bonchev–Trinajstić information content (AvgIpc) is 2.74. The topological polar surface area (TPSA) is 52.9 Å². The first kappa shape index (κ1) is 23.5. The predicted octanol–water partition coefficient (Wildman–Crippen LogP) is 7.73. The maximum Gasteiger partial charge on any atom is 0.225 e. The van der Waals surface area contributed by atoms with Gasteiger partial charge in [-0.3, -0.25) is 4.79 Å². The fourth-order valence-corrected chi connectivity index (χ4v) is 4.42. The Kier molecular flexibility index (Phi) is 8.28. The van der Waals surface area contributed by atoms with Crippen molar-refractivity contribution in [3.05, 3.63) is 92.4 Å². The maximum absolute atomic E-state index is 12.4. The van der Waals surface area contributed by atoms with Gasteiger partial charge < -0.3 is 5.32 Å². The van der Waals surface area contributed by atoms with Gasteiger partial charge in [-0.05, 0) is 66.1 Å². The number of nitrogens with zero attached hydrogens (tertiary/aromatic N) is 1. The van der Waals surface area contributed by atoms with Crippen molar-refractivity contribution in [3.8, 4) is 6.07 Å². The minimum atomic E-state index is -0.524. The van der Waals surface area contributed by atoms with Crippen molar-refractivity contribution in [1.29, 1.82) is 5.26 Å². The molecule has 0 bridgehead atoms. The molecule has 3 rings (SSSR count). The lowest BCUT2D eigenvalue weighted by molar-refractivity contribution is -0.115.